The SMILES string of the molecule is CCCCNC(=O)/C=C(\C)c1cc2c(-c3ccc(C)cc3)coc2cc1OCC. The van der Waals surface area contributed by atoms with Gasteiger partial charge in [0.05, 0.1) is 12.9 Å². The molecular formula is C25H29NO3. The molecular weight excluding hydrogens is 362 g/mol. The van der Waals surface area contributed by atoms with Gasteiger partial charge in [0.25, 0.3) is 0 Å². The molecule has 0 saturated carbocycles. The van der Waals surface area contributed by atoms with Crippen molar-refractivity contribution in [2.75, 3.05) is 13.2 Å². The summed E-state index contributed by atoms with van der Waals surface area (Å²) in [7, 11) is 0. The fraction of sp³-hybridized carbons (Fsp3) is 0.320. The van der Waals surface area contributed by atoms with Gasteiger partial charge in [-0.3, -0.25) is 4.79 Å². The third-order valence-electron chi connectivity index (χ3n) is 4.94. The van der Waals surface area contributed by atoms with Gasteiger partial charge in [0.2, 0.25) is 5.91 Å². The van der Waals surface area contributed by atoms with E-state index in [4.69, 9.17) is 9.15 Å². The van der Waals surface area contributed by atoms with Gasteiger partial charge in [0.1, 0.15) is 11.3 Å². The summed E-state index contributed by atoms with van der Waals surface area (Å²) in [6, 6.07) is 12.4. The fourth-order valence-electron chi connectivity index (χ4n) is 3.31. The molecule has 4 nitrogen and oxygen atoms in total. The van der Waals surface area contributed by atoms with Crippen molar-refractivity contribution >= 4 is 22.4 Å². The van der Waals surface area contributed by atoms with E-state index in [1.54, 1.807) is 12.3 Å². The lowest BCUT2D eigenvalue weighted by Crippen LogP contribution is -2.22. The highest BCUT2D eigenvalue weighted by Gasteiger charge is 2.15. The smallest absolute Gasteiger partial charge is 0.244 e. The largest absolute Gasteiger partial charge is 0.493 e. The molecule has 0 aliphatic rings. The van der Waals surface area contributed by atoms with Crippen LogP contribution < -0.4 is 10.1 Å². The van der Waals surface area contributed by atoms with Crippen LogP contribution in [-0.2, 0) is 4.79 Å². The molecule has 1 amide bonds. The lowest BCUT2D eigenvalue weighted by atomic mass is 9.99. The zero-order valence-corrected chi connectivity index (χ0v) is 17.7. The maximum absolute atomic E-state index is 12.3. The topological polar surface area (TPSA) is 51.5 Å². The highest BCUT2D eigenvalue weighted by atomic mass is 16.5. The molecule has 29 heavy (non-hydrogen) atoms. The van der Waals surface area contributed by atoms with Crippen molar-refractivity contribution in [1.29, 1.82) is 0 Å². The molecule has 1 N–H and O–H groups in total. The van der Waals surface area contributed by atoms with Gasteiger partial charge in [-0.25, -0.2) is 0 Å². The number of amides is 1. The number of fused-ring (bicyclic) bond motifs is 1. The van der Waals surface area contributed by atoms with Crippen LogP contribution in [0.15, 0.2) is 53.2 Å². The van der Waals surface area contributed by atoms with Gasteiger partial charge in [0.15, 0.2) is 0 Å². The van der Waals surface area contributed by atoms with E-state index in [1.165, 1.54) is 5.56 Å². The van der Waals surface area contributed by atoms with E-state index in [9.17, 15) is 4.79 Å². The quantitative estimate of drug-likeness (QED) is 0.371. The highest BCUT2D eigenvalue weighted by Crippen LogP contribution is 2.37. The number of carbonyl (C=O) groups is 1. The standard InChI is InChI=1S/C25H29NO3/c1-5-7-12-26-25(27)13-18(4)20-14-21-22(19-10-8-17(3)9-11-19)16-29-24(21)15-23(20)28-6-2/h8-11,13-16H,5-7,12H2,1-4H3,(H,26,27)/b18-13+. The van der Waals surface area contributed by atoms with Crippen LogP contribution in [0.3, 0.4) is 0 Å². The molecule has 1 aromatic heterocycles. The Hall–Kier alpha value is -3.01. The molecule has 3 rings (SSSR count). The molecule has 0 unspecified atom stereocenters. The number of carbonyl (C=O) groups excluding carboxylic acids is 1. The molecule has 0 spiro atoms. The van der Waals surface area contributed by atoms with Gasteiger partial charge >= 0.3 is 0 Å². The summed E-state index contributed by atoms with van der Waals surface area (Å²) >= 11 is 0. The third kappa shape index (κ3) is 4.89. The minimum Gasteiger partial charge on any atom is -0.493 e. The number of ether oxygens (including phenoxy) is 1. The predicted molar refractivity (Wildman–Crippen MR) is 119 cm³/mol. The first-order valence-electron chi connectivity index (χ1n) is 10.2. The Morgan fingerprint density at radius 1 is 1.17 bits per heavy atom. The van der Waals surface area contributed by atoms with Gasteiger partial charge in [-0.15, -0.1) is 0 Å². The maximum atomic E-state index is 12.3. The zero-order chi connectivity index (χ0) is 20.8. The second-order valence-electron chi connectivity index (χ2n) is 7.26. The van der Waals surface area contributed by atoms with Crippen molar-refractivity contribution in [2.24, 2.45) is 0 Å². The molecule has 0 fully saturated rings. The summed E-state index contributed by atoms with van der Waals surface area (Å²) in [6.45, 7) is 9.30. The first-order chi connectivity index (χ1) is 14.0. The summed E-state index contributed by atoms with van der Waals surface area (Å²) in [5, 5.41) is 3.94. The number of aryl methyl sites for hydroxylation is 1. The van der Waals surface area contributed by atoms with E-state index in [2.05, 4.69) is 49.5 Å². The Morgan fingerprint density at radius 3 is 2.62 bits per heavy atom. The Balaban J connectivity index is 2.02. The maximum Gasteiger partial charge on any atom is 0.244 e. The Labute approximate surface area is 172 Å². The molecule has 2 aromatic carbocycles. The summed E-state index contributed by atoms with van der Waals surface area (Å²) in [4.78, 5) is 12.3. The minimum absolute atomic E-state index is 0.0792. The Bertz CT molecular complexity index is 1010. The number of nitrogens with one attached hydrogen (secondary N) is 1. The van der Waals surface area contributed by atoms with Crippen molar-refractivity contribution < 1.29 is 13.9 Å². The molecule has 0 aliphatic carbocycles. The van der Waals surface area contributed by atoms with Crippen molar-refractivity contribution in [3.8, 4) is 16.9 Å². The third-order valence-corrected chi connectivity index (χ3v) is 4.94. The molecule has 152 valence electrons. The Kier molecular flexibility index (Phi) is 6.76. The molecule has 0 bridgehead atoms. The second-order valence-corrected chi connectivity index (χ2v) is 7.26. The van der Waals surface area contributed by atoms with Gasteiger partial charge in [-0.1, -0.05) is 43.2 Å². The Morgan fingerprint density at radius 2 is 1.93 bits per heavy atom. The number of rotatable bonds is 8. The summed E-state index contributed by atoms with van der Waals surface area (Å²) < 4.78 is 11.7. The van der Waals surface area contributed by atoms with Crippen molar-refractivity contribution in [1.82, 2.24) is 5.32 Å². The molecule has 4 heteroatoms. The lowest BCUT2D eigenvalue weighted by Gasteiger charge is -2.12. The van der Waals surface area contributed by atoms with E-state index in [-0.39, 0.29) is 5.91 Å². The van der Waals surface area contributed by atoms with E-state index in [1.807, 2.05) is 19.9 Å². The van der Waals surface area contributed by atoms with Crippen LogP contribution in [0.5, 0.6) is 5.75 Å². The number of hydrogen-bond donors (Lipinski definition) is 1. The summed E-state index contributed by atoms with van der Waals surface area (Å²) in [6.07, 6.45) is 5.45. The van der Waals surface area contributed by atoms with Crippen LogP contribution in [0.2, 0.25) is 0 Å². The van der Waals surface area contributed by atoms with Gasteiger partial charge in [0, 0.05) is 35.2 Å². The van der Waals surface area contributed by atoms with Crippen LogP contribution >= 0.6 is 0 Å². The number of furan rings is 1. The van der Waals surface area contributed by atoms with Gasteiger partial charge in [-0.05, 0) is 44.4 Å². The molecule has 0 saturated heterocycles. The van der Waals surface area contributed by atoms with E-state index >= 15 is 0 Å². The predicted octanol–water partition coefficient (Wildman–Crippen LogP) is 6.13. The van der Waals surface area contributed by atoms with E-state index in [0.29, 0.717) is 13.2 Å². The average Bonchev–Trinajstić information content (AvgIpc) is 3.11. The molecule has 0 radical (unpaired) electrons. The highest BCUT2D eigenvalue weighted by molar-refractivity contribution is 6.00. The van der Waals surface area contributed by atoms with Crippen LogP contribution in [-0.4, -0.2) is 19.1 Å². The van der Waals surface area contributed by atoms with E-state index in [0.717, 1.165) is 51.8 Å². The molecule has 0 aliphatic heterocycles. The van der Waals surface area contributed by atoms with Crippen molar-refractivity contribution in [3.63, 3.8) is 0 Å². The monoisotopic (exact) mass is 391 g/mol. The van der Waals surface area contributed by atoms with Crippen molar-refractivity contribution in [3.05, 3.63) is 59.9 Å². The van der Waals surface area contributed by atoms with Crippen LogP contribution in [0.1, 0.15) is 44.7 Å². The number of unbranched alkanes of at least 4 members (excludes halogenated alkanes) is 1. The normalized spacial score (nSPS) is 11.7. The molecule has 1 heterocycles. The first-order valence-corrected chi connectivity index (χ1v) is 10.2. The van der Waals surface area contributed by atoms with Gasteiger partial charge < -0.3 is 14.5 Å². The molecule has 0 atom stereocenters. The summed E-state index contributed by atoms with van der Waals surface area (Å²) in [5.74, 6) is 0.643. The lowest BCUT2D eigenvalue weighted by molar-refractivity contribution is -0.116. The average molecular weight is 392 g/mol. The van der Waals surface area contributed by atoms with Gasteiger partial charge in [-0.2, -0.15) is 0 Å². The summed E-state index contributed by atoms with van der Waals surface area (Å²) in [5.41, 5.74) is 5.88. The van der Waals surface area contributed by atoms with E-state index < -0.39 is 0 Å². The first kappa shape index (κ1) is 20.7. The fourth-order valence-corrected chi connectivity index (χ4v) is 3.31. The second kappa shape index (κ2) is 9.46. The number of benzene rings is 2. The number of allylic oxidation sites excluding steroid dienone is 1. The molecule has 3 aromatic rings. The van der Waals surface area contributed by atoms with Crippen LogP contribution in [0, 0.1) is 6.92 Å². The zero-order valence-electron chi connectivity index (χ0n) is 17.7. The van der Waals surface area contributed by atoms with Crippen molar-refractivity contribution in [2.45, 2.75) is 40.5 Å². The van der Waals surface area contributed by atoms with Crippen LogP contribution in [0.25, 0.3) is 27.7 Å². The minimum atomic E-state index is -0.0792. The van der Waals surface area contributed by atoms with Crippen LogP contribution in [0.4, 0.5) is 0 Å². The number of hydrogen-bond acceptors (Lipinski definition) is 3.